The highest BCUT2D eigenvalue weighted by atomic mass is 16.5. The van der Waals surface area contributed by atoms with Crippen molar-refractivity contribution in [1.29, 1.82) is 0 Å². The molecule has 0 amide bonds. The SMILES string of the molecule is CC(C)(C)NCCCCCCN1CCOCC1. The van der Waals surface area contributed by atoms with E-state index in [2.05, 4.69) is 31.0 Å². The molecular weight excluding hydrogens is 212 g/mol. The highest BCUT2D eigenvalue weighted by Gasteiger charge is 2.09. The Morgan fingerprint density at radius 3 is 2.29 bits per heavy atom. The third kappa shape index (κ3) is 8.58. The van der Waals surface area contributed by atoms with Crippen molar-refractivity contribution in [1.82, 2.24) is 10.2 Å². The first-order valence-corrected chi connectivity index (χ1v) is 7.13. The van der Waals surface area contributed by atoms with Gasteiger partial charge in [0.1, 0.15) is 0 Å². The molecule has 0 aromatic heterocycles. The van der Waals surface area contributed by atoms with Crippen molar-refractivity contribution in [3.8, 4) is 0 Å². The number of ether oxygens (including phenoxy) is 1. The predicted octanol–water partition coefficient (Wildman–Crippen LogP) is 2.27. The zero-order valence-corrected chi connectivity index (χ0v) is 11.9. The van der Waals surface area contributed by atoms with Gasteiger partial charge in [0.05, 0.1) is 13.2 Å². The quantitative estimate of drug-likeness (QED) is 0.693. The molecule has 1 fully saturated rings. The van der Waals surface area contributed by atoms with E-state index in [1.165, 1.54) is 32.2 Å². The lowest BCUT2D eigenvalue weighted by molar-refractivity contribution is 0.0371. The summed E-state index contributed by atoms with van der Waals surface area (Å²) in [6.07, 6.45) is 5.37. The van der Waals surface area contributed by atoms with Crippen LogP contribution in [0.4, 0.5) is 0 Å². The van der Waals surface area contributed by atoms with E-state index in [4.69, 9.17) is 4.74 Å². The van der Waals surface area contributed by atoms with E-state index in [1.807, 2.05) is 0 Å². The number of unbranched alkanes of at least 4 members (excludes halogenated alkanes) is 3. The third-order valence-corrected chi connectivity index (χ3v) is 3.16. The Kier molecular flexibility index (Phi) is 7.09. The molecule has 0 atom stereocenters. The molecular formula is C14H30N2O. The zero-order valence-electron chi connectivity index (χ0n) is 11.9. The zero-order chi connectivity index (χ0) is 12.6. The number of nitrogens with one attached hydrogen (secondary N) is 1. The Bertz CT molecular complexity index is 183. The van der Waals surface area contributed by atoms with Crippen LogP contribution >= 0.6 is 0 Å². The predicted molar refractivity (Wildman–Crippen MR) is 73.5 cm³/mol. The van der Waals surface area contributed by atoms with E-state index in [-0.39, 0.29) is 5.54 Å². The van der Waals surface area contributed by atoms with Crippen LogP contribution in [0.5, 0.6) is 0 Å². The van der Waals surface area contributed by atoms with Crippen LogP contribution in [0.3, 0.4) is 0 Å². The molecule has 3 nitrogen and oxygen atoms in total. The summed E-state index contributed by atoms with van der Waals surface area (Å²) in [5.41, 5.74) is 0.272. The fraction of sp³-hybridized carbons (Fsp3) is 1.00. The normalized spacial score (nSPS) is 18.5. The van der Waals surface area contributed by atoms with Gasteiger partial charge in [0.2, 0.25) is 0 Å². The first-order chi connectivity index (χ1) is 8.08. The van der Waals surface area contributed by atoms with E-state index < -0.39 is 0 Å². The molecule has 0 saturated carbocycles. The van der Waals surface area contributed by atoms with Crippen LogP contribution in [0.1, 0.15) is 46.5 Å². The fourth-order valence-corrected chi connectivity index (χ4v) is 2.10. The van der Waals surface area contributed by atoms with Crippen LogP contribution in [-0.2, 0) is 4.74 Å². The molecule has 102 valence electrons. The molecule has 1 heterocycles. The molecule has 1 N–H and O–H groups in total. The van der Waals surface area contributed by atoms with E-state index in [9.17, 15) is 0 Å². The van der Waals surface area contributed by atoms with Gasteiger partial charge in [-0.2, -0.15) is 0 Å². The Labute approximate surface area is 107 Å². The second kappa shape index (κ2) is 8.06. The minimum atomic E-state index is 0.272. The van der Waals surface area contributed by atoms with E-state index in [0.29, 0.717) is 0 Å². The molecule has 0 aliphatic carbocycles. The van der Waals surface area contributed by atoms with Gasteiger partial charge in [-0.3, -0.25) is 4.90 Å². The summed E-state index contributed by atoms with van der Waals surface area (Å²) in [6.45, 7) is 13.2. The average molecular weight is 242 g/mol. The Balaban J connectivity index is 1.84. The second-order valence-electron chi connectivity index (χ2n) is 6.05. The van der Waals surface area contributed by atoms with Crippen LogP contribution in [0.2, 0.25) is 0 Å². The monoisotopic (exact) mass is 242 g/mol. The first kappa shape index (κ1) is 14.9. The fourth-order valence-electron chi connectivity index (χ4n) is 2.10. The number of hydrogen-bond donors (Lipinski definition) is 1. The van der Waals surface area contributed by atoms with Gasteiger partial charge in [-0.05, 0) is 46.7 Å². The summed E-state index contributed by atoms with van der Waals surface area (Å²) in [5.74, 6) is 0. The van der Waals surface area contributed by atoms with Gasteiger partial charge in [0.15, 0.2) is 0 Å². The molecule has 1 saturated heterocycles. The molecule has 3 heteroatoms. The Morgan fingerprint density at radius 2 is 1.65 bits per heavy atom. The van der Waals surface area contributed by atoms with Crippen LogP contribution < -0.4 is 5.32 Å². The van der Waals surface area contributed by atoms with E-state index in [0.717, 1.165) is 32.8 Å². The summed E-state index contributed by atoms with van der Waals surface area (Å²) in [4.78, 5) is 2.52. The number of morpholine rings is 1. The average Bonchev–Trinajstić information content (AvgIpc) is 2.28. The largest absolute Gasteiger partial charge is 0.379 e. The van der Waals surface area contributed by atoms with Gasteiger partial charge in [0, 0.05) is 18.6 Å². The van der Waals surface area contributed by atoms with E-state index >= 15 is 0 Å². The molecule has 0 spiro atoms. The van der Waals surface area contributed by atoms with Crippen molar-refractivity contribution in [2.45, 2.75) is 52.0 Å². The topological polar surface area (TPSA) is 24.5 Å². The van der Waals surface area contributed by atoms with Gasteiger partial charge < -0.3 is 10.1 Å². The first-order valence-electron chi connectivity index (χ1n) is 7.13. The smallest absolute Gasteiger partial charge is 0.0594 e. The lowest BCUT2D eigenvalue weighted by Gasteiger charge is -2.26. The standard InChI is InChI=1S/C14H30N2O/c1-14(2,3)15-8-6-4-5-7-9-16-10-12-17-13-11-16/h15H,4-13H2,1-3H3. The summed E-state index contributed by atoms with van der Waals surface area (Å²) < 4.78 is 5.34. The van der Waals surface area contributed by atoms with Gasteiger partial charge >= 0.3 is 0 Å². The van der Waals surface area contributed by atoms with E-state index in [1.54, 1.807) is 0 Å². The van der Waals surface area contributed by atoms with Crippen molar-refractivity contribution >= 4 is 0 Å². The van der Waals surface area contributed by atoms with Crippen molar-refractivity contribution in [2.75, 3.05) is 39.4 Å². The molecule has 1 aliphatic rings. The van der Waals surface area contributed by atoms with Gasteiger partial charge in [-0.1, -0.05) is 12.8 Å². The molecule has 1 aliphatic heterocycles. The molecule has 0 radical (unpaired) electrons. The van der Waals surface area contributed by atoms with Crippen molar-refractivity contribution < 1.29 is 4.74 Å². The van der Waals surface area contributed by atoms with Crippen LogP contribution in [0, 0.1) is 0 Å². The number of hydrogen-bond acceptors (Lipinski definition) is 3. The van der Waals surface area contributed by atoms with Crippen molar-refractivity contribution in [2.24, 2.45) is 0 Å². The molecule has 1 rings (SSSR count). The summed E-state index contributed by atoms with van der Waals surface area (Å²) in [7, 11) is 0. The van der Waals surface area contributed by atoms with Crippen LogP contribution in [-0.4, -0.2) is 49.8 Å². The molecule has 17 heavy (non-hydrogen) atoms. The maximum Gasteiger partial charge on any atom is 0.0594 e. The maximum absolute atomic E-state index is 5.34. The minimum absolute atomic E-state index is 0.272. The Hall–Kier alpha value is -0.120. The Morgan fingerprint density at radius 1 is 1.00 bits per heavy atom. The minimum Gasteiger partial charge on any atom is -0.379 e. The van der Waals surface area contributed by atoms with Crippen molar-refractivity contribution in [3.05, 3.63) is 0 Å². The second-order valence-corrected chi connectivity index (χ2v) is 6.05. The highest BCUT2D eigenvalue weighted by molar-refractivity contribution is 4.69. The van der Waals surface area contributed by atoms with Gasteiger partial charge in [0.25, 0.3) is 0 Å². The third-order valence-electron chi connectivity index (χ3n) is 3.16. The van der Waals surface area contributed by atoms with Crippen LogP contribution in [0.15, 0.2) is 0 Å². The van der Waals surface area contributed by atoms with Gasteiger partial charge in [-0.15, -0.1) is 0 Å². The molecule has 0 aromatic rings. The maximum atomic E-state index is 5.34. The molecule has 0 aromatic carbocycles. The lowest BCUT2D eigenvalue weighted by Crippen LogP contribution is -2.37. The number of rotatable bonds is 7. The summed E-state index contributed by atoms with van der Waals surface area (Å²) in [6, 6.07) is 0. The van der Waals surface area contributed by atoms with Crippen molar-refractivity contribution in [3.63, 3.8) is 0 Å². The molecule has 0 bridgehead atoms. The number of nitrogens with zero attached hydrogens (tertiary/aromatic N) is 1. The summed E-state index contributed by atoms with van der Waals surface area (Å²) >= 11 is 0. The molecule has 0 unspecified atom stereocenters. The van der Waals surface area contributed by atoms with Crippen LogP contribution in [0.25, 0.3) is 0 Å². The lowest BCUT2D eigenvalue weighted by atomic mass is 10.1. The van der Waals surface area contributed by atoms with Gasteiger partial charge in [-0.25, -0.2) is 0 Å². The highest BCUT2D eigenvalue weighted by Crippen LogP contribution is 2.05. The summed E-state index contributed by atoms with van der Waals surface area (Å²) in [5, 5.41) is 3.54.